The van der Waals surface area contributed by atoms with Crippen molar-refractivity contribution in [2.45, 2.75) is 32.0 Å². The van der Waals surface area contributed by atoms with Crippen LogP contribution in [0.2, 0.25) is 0 Å². The summed E-state index contributed by atoms with van der Waals surface area (Å²) in [5.41, 5.74) is 1.11. The van der Waals surface area contributed by atoms with Gasteiger partial charge in [0.25, 0.3) is 0 Å². The van der Waals surface area contributed by atoms with Gasteiger partial charge in [-0.2, -0.15) is 0 Å². The van der Waals surface area contributed by atoms with Crippen LogP contribution in [0.5, 0.6) is 0 Å². The van der Waals surface area contributed by atoms with E-state index in [-0.39, 0.29) is 6.42 Å². The number of hydrogen-bond donors (Lipinski definition) is 2. The topological polar surface area (TPSA) is 66.8 Å². The highest BCUT2D eigenvalue weighted by Gasteiger charge is 2.08. The van der Waals surface area contributed by atoms with E-state index in [1.54, 1.807) is 0 Å². The van der Waals surface area contributed by atoms with Gasteiger partial charge in [-0.3, -0.25) is 4.79 Å². The summed E-state index contributed by atoms with van der Waals surface area (Å²) in [6.07, 6.45) is 0.161. The van der Waals surface area contributed by atoms with Crippen molar-refractivity contribution < 1.29 is 19.7 Å². The second-order valence-corrected chi connectivity index (χ2v) is 3.93. The molecule has 94 valence electrons. The Morgan fingerprint density at radius 3 is 2.65 bits per heavy atom. The normalized spacial score (nSPS) is 12.3. The molecule has 0 aliphatic rings. The molecule has 2 N–H and O–H groups in total. The molecule has 0 bridgehead atoms. The van der Waals surface area contributed by atoms with E-state index in [0.29, 0.717) is 26.1 Å². The molecule has 4 heteroatoms. The van der Waals surface area contributed by atoms with E-state index in [9.17, 15) is 9.90 Å². The summed E-state index contributed by atoms with van der Waals surface area (Å²) in [7, 11) is 0. The number of carboxylic acid groups (broad SMARTS) is 1. The maximum absolute atomic E-state index is 10.3. The van der Waals surface area contributed by atoms with Crippen LogP contribution in [-0.4, -0.2) is 28.9 Å². The molecule has 0 fully saturated rings. The van der Waals surface area contributed by atoms with Gasteiger partial charge in [-0.05, 0) is 18.4 Å². The Morgan fingerprint density at radius 2 is 2.00 bits per heavy atom. The Labute approximate surface area is 101 Å². The summed E-state index contributed by atoms with van der Waals surface area (Å²) in [5, 5.41) is 17.7. The Bertz CT molecular complexity index is 323. The lowest BCUT2D eigenvalue weighted by molar-refractivity contribution is -0.139. The van der Waals surface area contributed by atoms with Crippen LogP contribution < -0.4 is 0 Å². The molecular formula is C13H18O4. The predicted molar refractivity (Wildman–Crippen MR) is 63.6 cm³/mol. The lowest BCUT2D eigenvalue weighted by Crippen LogP contribution is -2.13. The van der Waals surface area contributed by atoms with Gasteiger partial charge in [0.15, 0.2) is 0 Å². The lowest BCUT2D eigenvalue weighted by atomic mass is 10.1. The van der Waals surface area contributed by atoms with Crippen LogP contribution >= 0.6 is 0 Å². The number of hydrogen-bond acceptors (Lipinski definition) is 3. The van der Waals surface area contributed by atoms with Crippen molar-refractivity contribution in [3.8, 4) is 0 Å². The summed E-state index contributed by atoms with van der Waals surface area (Å²) < 4.78 is 5.42. The second kappa shape index (κ2) is 7.81. The minimum absolute atomic E-state index is 0.196. The third-order valence-corrected chi connectivity index (χ3v) is 2.35. The van der Waals surface area contributed by atoms with Gasteiger partial charge in [0.1, 0.15) is 0 Å². The standard InChI is InChI=1S/C13H18O4/c14-12(9-13(15)16)7-4-8-17-10-11-5-2-1-3-6-11/h1-3,5-6,12,14H,4,7-10H2,(H,15,16)/t12-/m1/s1. The van der Waals surface area contributed by atoms with E-state index in [0.717, 1.165) is 5.56 Å². The number of benzene rings is 1. The van der Waals surface area contributed by atoms with Crippen LogP contribution in [0.4, 0.5) is 0 Å². The van der Waals surface area contributed by atoms with Gasteiger partial charge in [-0.25, -0.2) is 0 Å². The summed E-state index contributed by atoms with van der Waals surface area (Å²) in [6, 6.07) is 9.83. The summed E-state index contributed by atoms with van der Waals surface area (Å²) in [6.45, 7) is 1.08. The minimum atomic E-state index is -0.970. The third-order valence-electron chi connectivity index (χ3n) is 2.35. The van der Waals surface area contributed by atoms with Gasteiger partial charge in [0.05, 0.1) is 19.1 Å². The van der Waals surface area contributed by atoms with E-state index in [1.165, 1.54) is 0 Å². The molecule has 1 rings (SSSR count). The van der Waals surface area contributed by atoms with Crippen LogP contribution in [-0.2, 0) is 16.1 Å². The number of ether oxygens (including phenoxy) is 1. The van der Waals surface area contributed by atoms with Crippen molar-refractivity contribution in [1.82, 2.24) is 0 Å². The highest BCUT2D eigenvalue weighted by Crippen LogP contribution is 2.04. The molecule has 0 aliphatic carbocycles. The largest absolute Gasteiger partial charge is 0.481 e. The molecule has 4 nitrogen and oxygen atoms in total. The van der Waals surface area contributed by atoms with Crippen molar-refractivity contribution in [3.05, 3.63) is 35.9 Å². The summed E-state index contributed by atoms with van der Waals surface area (Å²) in [4.78, 5) is 10.3. The van der Waals surface area contributed by atoms with Gasteiger partial charge in [0.2, 0.25) is 0 Å². The first-order valence-electron chi connectivity index (χ1n) is 5.70. The fraction of sp³-hybridized carbons (Fsp3) is 0.462. The molecule has 0 aromatic heterocycles. The number of aliphatic carboxylic acids is 1. The lowest BCUT2D eigenvalue weighted by Gasteiger charge is -2.08. The highest BCUT2D eigenvalue weighted by atomic mass is 16.5. The molecule has 0 heterocycles. The Morgan fingerprint density at radius 1 is 1.29 bits per heavy atom. The summed E-state index contributed by atoms with van der Waals surface area (Å²) >= 11 is 0. The first-order valence-corrected chi connectivity index (χ1v) is 5.70. The van der Waals surface area contributed by atoms with Crippen LogP contribution in [0.3, 0.4) is 0 Å². The number of aliphatic hydroxyl groups excluding tert-OH is 1. The molecule has 0 amide bonds. The van der Waals surface area contributed by atoms with E-state index in [4.69, 9.17) is 9.84 Å². The zero-order valence-corrected chi connectivity index (χ0v) is 9.71. The molecular weight excluding hydrogens is 220 g/mol. The van der Waals surface area contributed by atoms with E-state index in [1.807, 2.05) is 30.3 Å². The molecule has 0 spiro atoms. The fourth-order valence-electron chi connectivity index (χ4n) is 1.49. The quantitative estimate of drug-likeness (QED) is 0.678. The smallest absolute Gasteiger partial charge is 0.305 e. The van der Waals surface area contributed by atoms with Crippen molar-refractivity contribution in [2.75, 3.05) is 6.61 Å². The van der Waals surface area contributed by atoms with E-state index >= 15 is 0 Å². The average Bonchev–Trinajstić information content (AvgIpc) is 2.29. The van der Waals surface area contributed by atoms with Crippen LogP contribution in [0.1, 0.15) is 24.8 Å². The second-order valence-electron chi connectivity index (χ2n) is 3.93. The van der Waals surface area contributed by atoms with E-state index < -0.39 is 12.1 Å². The van der Waals surface area contributed by atoms with Crippen LogP contribution in [0, 0.1) is 0 Å². The van der Waals surface area contributed by atoms with Gasteiger partial charge in [-0.1, -0.05) is 30.3 Å². The monoisotopic (exact) mass is 238 g/mol. The Balaban J connectivity index is 2.03. The molecule has 0 radical (unpaired) electrons. The molecule has 17 heavy (non-hydrogen) atoms. The first-order chi connectivity index (χ1) is 8.18. The van der Waals surface area contributed by atoms with Crippen molar-refractivity contribution >= 4 is 5.97 Å². The Kier molecular flexibility index (Phi) is 6.29. The molecule has 0 saturated carbocycles. The van der Waals surface area contributed by atoms with Crippen molar-refractivity contribution in [3.63, 3.8) is 0 Å². The van der Waals surface area contributed by atoms with Crippen LogP contribution in [0.25, 0.3) is 0 Å². The highest BCUT2D eigenvalue weighted by molar-refractivity contribution is 5.67. The molecule has 0 aliphatic heterocycles. The molecule has 1 aromatic rings. The minimum Gasteiger partial charge on any atom is -0.481 e. The van der Waals surface area contributed by atoms with Gasteiger partial charge in [-0.15, -0.1) is 0 Å². The number of aliphatic hydroxyl groups is 1. The maximum atomic E-state index is 10.3. The number of carboxylic acids is 1. The SMILES string of the molecule is O=C(O)C[C@H](O)CCCOCc1ccccc1. The predicted octanol–water partition coefficient (Wildman–Crippen LogP) is 1.82. The third kappa shape index (κ3) is 6.71. The van der Waals surface area contributed by atoms with Gasteiger partial charge >= 0.3 is 5.97 Å². The van der Waals surface area contributed by atoms with Gasteiger partial charge in [0, 0.05) is 6.61 Å². The summed E-state index contributed by atoms with van der Waals surface area (Å²) in [5.74, 6) is -0.970. The van der Waals surface area contributed by atoms with Crippen molar-refractivity contribution in [1.29, 1.82) is 0 Å². The Hall–Kier alpha value is -1.39. The maximum Gasteiger partial charge on any atom is 0.305 e. The molecule has 1 atom stereocenters. The zero-order valence-electron chi connectivity index (χ0n) is 9.71. The number of rotatable bonds is 8. The molecule has 1 aromatic carbocycles. The molecule has 0 unspecified atom stereocenters. The van der Waals surface area contributed by atoms with Crippen molar-refractivity contribution in [2.24, 2.45) is 0 Å². The molecule has 0 saturated heterocycles. The number of carbonyl (C=O) groups is 1. The first kappa shape index (κ1) is 13.7. The fourth-order valence-corrected chi connectivity index (χ4v) is 1.49. The van der Waals surface area contributed by atoms with E-state index in [2.05, 4.69) is 0 Å². The average molecular weight is 238 g/mol. The zero-order chi connectivity index (χ0) is 12.5. The van der Waals surface area contributed by atoms with Crippen LogP contribution in [0.15, 0.2) is 30.3 Å². The van der Waals surface area contributed by atoms with Gasteiger partial charge < -0.3 is 14.9 Å².